The van der Waals surface area contributed by atoms with Gasteiger partial charge in [-0.25, -0.2) is 0 Å². The number of nitrogens with one attached hydrogen (secondary N) is 2. The van der Waals surface area contributed by atoms with Gasteiger partial charge in [-0.1, -0.05) is 24.3 Å². The number of hydrogen-bond acceptors (Lipinski definition) is 5. The number of amides is 1. The number of rotatable bonds is 10. The smallest absolute Gasteiger partial charge is 0.235 e. The predicted octanol–water partition coefficient (Wildman–Crippen LogP) is 4.66. The lowest BCUT2D eigenvalue weighted by atomic mass is 10.2. The van der Waals surface area contributed by atoms with Crippen LogP contribution >= 0.6 is 23.5 Å². The van der Waals surface area contributed by atoms with Crippen LogP contribution in [0, 0.1) is 0 Å². The van der Waals surface area contributed by atoms with Crippen LogP contribution in [0.4, 0.5) is 5.69 Å². The minimum absolute atomic E-state index is 0.0564. The molecule has 2 N–H and O–H groups in total. The average Bonchev–Trinajstić information content (AvgIpc) is 2.70. The Kier molecular flexibility index (Phi) is 8.38. The van der Waals surface area contributed by atoms with Crippen molar-refractivity contribution in [2.24, 2.45) is 0 Å². The number of thioether (sulfide) groups is 2. The molecule has 0 aromatic heterocycles. The molecule has 0 aliphatic heterocycles. The van der Waals surface area contributed by atoms with Crippen LogP contribution in [0.2, 0.25) is 0 Å². The molecule has 2 rings (SSSR count). The summed E-state index contributed by atoms with van der Waals surface area (Å²) in [4.78, 5) is 13.7. The molecule has 146 valence electrons. The van der Waals surface area contributed by atoms with Crippen molar-refractivity contribution in [2.45, 2.75) is 29.2 Å². The topological polar surface area (TPSA) is 50.4 Å². The van der Waals surface area contributed by atoms with Gasteiger partial charge in [-0.15, -0.1) is 23.5 Å². The quantitative estimate of drug-likeness (QED) is 0.446. The van der Waals surface area contributed by atoms with Gasteiger partial charge in [-0.2, -0.15) is 0 Å². The summed E-state index contributed by atoms with van der Waals surface area (Å²) in [5.74, 6) is 1.68. The van der Waals surface area contributed by atoms with Gasteiger partial charge in [-0.3, -0.25) is 4.79 Å². The highest BCUT2D eigenvalue weighted by Crippen LogP contribution is 2.29. The second kappa shape index (κ2) is 10.5. The molecule has 2 aromatic carbocycles. The Morgan fingerprint density at radius 2 is 1.78 bits per heavy atom. The van der Waals surface area contributed by atoms with Crippen molar-refractivity contribution in [2.75, 3.05) is 31.8 Å². The number of benzene rings is 2. The maximum atomic E-state index is 12.5. The third-order valence-corrected chi connectivity index (χ3v) is 6.32. The van der Waals surface area contributed by atoms with Crippen molar-refractivity contribution in [3.63, 3.8) is 0 Å². The Bertz CT molecular complexity index is 733. The number of ether oxygens (including phenoxy) is 1. The Morgan fingerprint density at radius 3 is 2.44 bits per heavy atom. The minimum Gasteiger partial charge on any atom is -0.497 e. The number of hydrogen-bond donors (Lipinski definition) is 2. The number of carbonyl (C=O) groups is 1. The second-order valence-corrected chi connectivity index (χ2v) is 8.98. The summed E-state index contributed by atoms with van der Waals surface area (Å²) in [6.07, 6.45) is 2.06. The third kappa shape index (κ3) is 6.70. The van der Waals surface area contributed by atoms with E-state index in [9.17, 15) is 4.79 Å². The van der Waals surface area contributed by atoms with Crippen LogP contribution in [0.1, 0.15) is 19.4 Å². The Morgan fingerprint density at radius 1 is 1.07 bits per heavy atom. The van der Waals surface area contributed by atoms with Gasteiger partial charge in [-0.05, 0) is 49.9 Å². The number of methoxy groups -OCH3 is 1. The molecular weight excluding hydrogens is 376 g/mol. The standard InChI is InChI=1S/C21H28N2O2S2/c1-21(2,27-15-16-9-11-17(25-3)12-10-16)20(24)23-14-13-22-18-7-5-6-8-19(18)26-4/h5-12,22H,13-15H2,1-4H3,(H,23,24). The number of anilines is 1. The van der Waals surface area contributed by atoms with Gasteiger partial charge in [0.2, 0.25) is 5.91 Å². The first-order valence-corrected chi connectivity index (χ1v) is 11.1. The molecule has 0 saturated heterocycles. The highest BCUT2D eigenvalue weighted by Gasteiger charge is 2.27. The molecule has 0 fully saturated rings. The summed E-state index contributed by atoms with van der Waals surface area (Å²) in [6.45, 7) is 5.22. The molecule has 0 aliphatic rings. The fraction of sp³-hybridized carbons (Fsp3) is 0.381. The van der Waals surface area contributed by atoms with Gasteiger partial charge in [0, 0.05) is 29.4 Å². The molecule has 0 bridgehead atoms. The number of para-hydroxylation sites is 1. The molecular formula is C21H28N2O2S2. The summed E-state index contributed by atoms with van der Waals surface area (Å²) in [5, 5.41) is 6.42. The van der Waals surface area contributed by atoms with E-state index >= 15 is 0 Å². The molecule has 6 heteroatoms. The molecule has 0 saturated carbocycles. The van der Waals surface area contributed by atoms with Crippen molar-refractivity contribution in [1.29, 1.82) is 0 Å². The van der Waals surface area contributed by atoms with Gasteiger partial charge in [0.05, 0.1) is 11.9 Å². The van der Waals surface area contributed by atoms with Crippen LogP contribution in [0.15, 0.2) is 53.4 Å². The first-order valence-electron chi connectivity index (χ1n) is 8.88. The van der Waals surface area contributed by atoms with Crippen LogP contribution in [0.25, 0.3) is 0 Å². The molecule has 0 atom stereocenters. The predicted molar refractivity (Wildman–Crippen MR) is 118 cm³/mol. The summed E-state index contributed by atoms with van der Waals surface area (Å²) in [7, 11) is 1.66. The zero-order valence-electron chi connectivity index (χ0n) is 16.4. The van der Waals surface area contributed by atoms with E-state index in [-0.39, 0.29) is 5.91 Å². The summed E-state index contributed by atoms with van der Waals surface area (Å²) in [5.41, 5.74) is 2.28. The summed E-state index contributed by atoms with van der Waals surface area (Å²) >= 11 is 3.35. The normalized spacial score (nSPS) is 11.1. The van der Waals surface area contributed by atoms with Crippen molar-refractivity contribution in [3.05, 3.63) is 54.1 Å². The molecule has 2 aromatic rings. The fourth-order valence-electron chi connectivity index (χ4n) is 2.43. The molecule has 0 spiro atoms. The molecule has 0 aliphatic carbocycles. The van der Waals surface area contributed by atoms with Crippen LogP contribution in [0.5, 0.6) is 5.75 Å². The van der Waals surface area contributed by atoms with E-state index in [2.05, 4.69) is 29.0 Å². The van der Waals surface area contributed by atoms with Gasteiger partial charge >= 0.3 is 0 Å². The molecule has 0 unspecified atom stereocenters. The van der Waals surface area contributed by atoms with Gasteiger partial charge in [0.25, 0.3) is 0 Å². The first-order chi connectivity index (χ1) is 13.0. The van der Waals surface area contributed by atoms with Crippen LogP contribution in [-0.2, 0) is 10.5 Å². The third-order valence-electron chi connectivity index (χ3n) is 4.14. The van der Waals surface area contributed by atoms with E-state index in [0.717, 1.165) is 17.2 Å². The van der Waals surface area contributed by atoms with E-state index in [0.29, 0.717) is 13.1 Å². The Hall–Kier alpha value is -1.79. The van der Waals surface area contributed by atoms with E-state index in [1.165, 1.54) is 10.5 Å². The van der Waals surface area contributed by atoms with E-state index in [4.69, 9.17) is 4.74 Å². The average molecular weight is 405 g/mol. The second-order valence-electron chi connectivity index (χ2n) is 6.53. The van der Waals surface area contributed by atoms with E-state index < -0.39 is 4.75 Å². The highest BCUT2D eigenvalue weighted by atomic mass is 32.2. The van der Waals surface area contributed by atoms with E-state index in [1.54, 1.807) is 30.6 Å². The van der Waals surface area contributed by atoms with Gasteiger partial charge in [0.1, 0.15) is 5.75 Å². The minimum atomic E-state index is -0.489. The fourth-order valence-corrected chi connectivity index (χ4v) is 3.93. The molecule has 1 amide bonds. The lowest BCUT2D eigenvalue weighted by Gasteiger charge is -2.23. The molecule has 0 heterocycles. The maximum Gasteiger partial charge on any atom is 0.235 e. The van der Waals surface area contributed by atoms with Crippen molar-refractivity contribution in [3.8, 4) is 5.75 Å². The van der Waals surface area contributed by atoms with Gasteiger partial charge < -0.3 is 15.4 Å². The van der Waals surface area contributed by atoms with Crippen molar-refractivity contribution < 1.29 is 9.53 Å². The molecule has 0 radical (unpaired) electrons. The van der Waals surface area contributed by atoms with E-state index in [1.807, 2.05) is 50.2 Å². The lowest BCUT2D eigenvalue weighted by molar-refractivity contribution is -0.122. The Balaban J connectivity index is 1.76. The van der Waals surface area contributed by atoms with Gasteiger partial charge in [0.15, 0.2) is 0 Å². The summed E-state index contributed by atoms with van der Waals surface area (Å²) in [6, 6.07) is 16.1. The SMILES string of the molecule is COc1ccc(CSC(C)(C)C(=O)NCCNc2ccccc2SC)cc1. The van der Waals surface area contributed by atoms with Crippen LogP contribution < -0.4 is 15.4 Å². The lowest BCUT2D eigenvalue weighted by Crippen LogP contribution is -2.41. The largest absolute Gasteiger partial charge is 0.497 e. The van der Waals surface area contributed by atoms with Crippen LogP contribution in [-0.4, -0.2) is 37.1 Å². The van der Waals surface area contributed by atoms with Crippen molar-refractivity contribution >= 4 is 35.1 Å². The summed E-state index contributed by atoms with van der Waals surface area (Å²) < 4.78 is 4.69. The molecule has 4 nitrogen and oxygen atoms in total. The highest BCUT2D eigenvalue weighted by molar-refractivity contribution is 8.00. The maximum absolute atomic E-state index is 12.5. The zero-order valence-corrected chi connectivity index (χ0v) is 18.0. The van der Waals surface area contributed by atoms with Crippen molar-refractivity contribution in [1.82, 2.24) is 5.32 Å². The monoisotopic (exact) mass is 404 g/mol. The first kappa shape index (κ1) is 21.5. The van der Waals surface area contributed by atoms with Crippen LogP contribution in [0.3, 0.4) is 0 Å². The molecule has 27 heavy (non-hydrogen) atoms. The zero-order chi connectivity index (χ0) is 19.7. The number of carbonyl (C=O) groups excluding carboxylic acids is 1. The Labute approximate surface area is 170 Å².